The quantitative estimate of drug-likeness (QED) is 0.547. The molecule has 0 unspecified atom stereocenters. The fourth-order valence-corrected chi connectivity index (χ4v) is 1.42. The summed E-state index contributed by atoms with van der Waals surface area (Å²) in [6.45, 7) is 8.67. The van der Waals surface area contributed by atoms with Gasteiger partial charge in [0.2, 0.25) is 0 Å². The Labute approximate surface area is 81.1 Å². The molecular weight excluding hydrogens is 158 g/mol. The maximum absolute atomic E-state index is 7.74. The molecule has 0 radical (unpaired) electrons. The number of allylic oxidation sites excluding steroid dienone is 4. The van der Waals surface area contributed by atoms with Crippen molar-refractivity contribution < 1.29 is 0 Å². The van der Waals surface area contributed by atoms with Crippen LogP contribution in [0.5, 0.6) is 0 Å². The monoisotopic (exact) mass is 177 g/mol. The SMILES string of the molecule is CC1(C)C=CC(=N)CC(C)(C)C=C1. The van der Waals surface area contributed by atoms with Crippen LogP contribution in [0.3, 0.4) is 0 Å². The van der Waals surface area contributed by atoms with Crippen LogP contribution < -0.4 is 0 Å². The molecule has 13 heavy (non-hydrogen) atoms. The second kappa shape index (κ2) is 3.13. The molecule has 72 valence electrons. The summed E-state index contributed by atoms with van der Waals surface area (Å²) >= 11 is 0. The second-order valence-electron chi connectivity index (χ2n) is 5.18. The molecule has 0 heterocycles. The first-order valence-electron chi connectivity index (χ1n) is 4.78. The van der Waals surface area contributed by atoms with Crippen LogP contribution in [0.15, 0.2) is 24.3 Å². The first-order chi connectivity index (χ1) is 5.81. The zero-order valence-corrected chi connectivity index (χ0v) is 9.02. The Morgan fingerprint density at radius 2 is 1.69 bits per heavy atom. The fourth-order valence-electron chi connectivity index (χ4n) is 1.42. The molecule has 1 N–H and O–H groups in total. The Kier molecular flexibility index (Phi) is 2.47. The molecular formula is C12H19N. The van der Waals surface area contributed by atoms with Gasteiger partial charge < -0.3 is 5.41 Å². The van der Waals surface area contributed by atoms with Crippen LogP contribution in [-0.2, 0) is 0 Å². The van der Waals surface area contributed by atoms with Crippen molar-refractivity contribution in [1.82, 2.24) is 0 Å². The third-order valence-corrected chi connectivity index (χ3v) is 2.32. The van der Waals surface area contributed by atoms with Crippen molar-refractivity contribution in [2.75, 3.05) is 0 Å². The van der Waals surface area contributed by atoms with Crippen LogP contribution in [0.2, 0.25) is 0 Å². The average Bonchev–Trinajstić information content (AvgIpc) is 1.96. The minimum atomic E-state index is 0.0873. The van der Waals surface area contributed by atoms with Gasteiger partial charge in [0.25, 0.3) is 0 Å². The van der Waals surface area contributed by atoms with E-state index in [0.717, 1.165) is 12.1 Å². The molecule has 0 saturated heterocycles. The Balaban J connectivity index is 2.97. The van der Waals surface area contributed by atoms with Crippen molar-refractivity contribution in [3.63, 3.8) is 0 Å². The molecule has 1 nitrogen and oxygen atoms in total. The van der Waals surface area contributed by atoms with Crippen LogP contribution >= 0.6 is 0 Å². The van der Waals surface area contributed by atoms with Gasteiger partial charge in [0.15, 0.2) is 0 Å². The second-order valence-corrected chi connectivity index (χ2v) is 5.18. The summed E-state index contributed by atoms with van der Waals surface area (Å²) in [5.74, 6) is 0. The Morgan fingerprint density at radius 1 is 1.08 bits per heavy atom. The molecule has 0 fully saturated rings. The van der Waals surface area contributed by atoms with Crippen molar-refractivity contribution in [3.05, 3.63) is 24.3 Å². The van der Waals surface area contributed by atoms with E-state index in [1.807, 2.05) is 6.08 Å². The Bertz CT molecular complexity index is 267. The lowest BCUT2D eigenvalue weighted by molar-refractivity contribution is 0.488. The van der Waals surface area contributed by atoms with Gasteiger partial charge >= 0.3 is 0 Å². The molecule has 0 aromatic rings. The van der Waals surface area contributed by atoms with Crippen molar-refractivity contribution in [3.8, 4) is 0 Å². The molecule has 0 atom stereocenters. The predicted octanol–water partition coefficient (Wildman–Crippen LogP) is 3.57. The Hall–Kier alpha value is -0.850. The third kappa shape index (κ3) is 3.17. The van der Waals surface area contributed by atoms with E-state index in [2.05, 4.69) is 45.9 Å². The van der Waals surface area contributed by atoms with E-state index in [1.165, 1.54) is 0 Å². The maximum Gasteiger partial charge on any atom is 0.0319 e. The van der Waals surface area contributed by atoms with E-state index in [0.29, 0.717) is 0 Å². The van der Waals surface area contributed by atoms with Crippen LogP contribution in [0.25, 0.3) is 0 Å². The molecule has 0 spiro atoms. The van der Waals surface area contributed by atoms with Crippen LogP contribution in [-0.4, -0.2) is 5.71 Å². The van der Waals surface area contributed by atoms with Gasteiger partial charge in [0.1, 0.15) is 0 Å². The van der Waals surface area contributed by atoms with Crippen LogP contribution in [0.1, 0.15) is 34.1 Å². The average molecular weight is 177 g/mol. The molecule has 1 aliphatic carbocycles. The van der Waals surface area contributed by atoms with Crippen molar-refractivity contribution in [2.45, 2.75) is 34.1 Å². The summed E-state index contributed by atoms with van der Waals surface area (Å²) in [6, 6.07) is 0. The normalized spacial score (nSPS) is 25.4. The first-order valence-corrected chi connectivity index (χ1v) is 4.78. The molecule has 1 heteroatoms. The molecule has 1 rings (SSSR count). The van der Waals surface area contributed by atoms with Crippen molar-refractivity contribution >= 4 is 5.71 Å². The number of rotatable bonds is 0. The molecule has 0 aromatic heterocycles. The minimum absolute atomic E-state index is 0.0873. The van der Waals surface area contributed by atoms with E-state index in [4.69, 9.17) is 5.41 Å². The lowest BCUT2D eigenvalue weighted by Crippen LogP contribution is -2.17. The van der Waals surface area contributed by atoms with Gasteiger partial charge in [-0.15, -0.1) is 0 Å². The van der Waals surface area contributed by atoms with Gasteiger partial charge in [-0.05, 0) is 17.9 Å². The highest BCUT2D eigenvalue weighted by Crippen LogP contribution is 2.30. The zero-order valence-electron chi connectivity index (χ0n) is 9.02. The van der Waals surface area contributed by atoms with Crippen molar-refractivity contribution in [1.29, 1.82) is 5.41 Å². The van der Waals surface area contributed by atoms with Gasteiger partial charge in [-0.3, -0.25) is 0 Å². The zero-order chi connectivity index (χ0) is 10.1. The number of hydrogen-bond donors (Lipinski definition) is 1. The van der Waals surface area contributed by atoms with Gasteiger partial charge in [-0.25, -0.2) is 0 Å². The van der Waals surface area contributed by atoms with Gasteiger partial charge in [-0.2, -0.15) is 0 Å². The highest BCUT2D eigenvalue weighted by atomic mass is 14.4. The summed E-state index contributed by atoms with van der Waals surface area (Å²) in [6.07, 6.45) is 9.32. The molecule has 0 amide bonds. The number of hydrogen-bond acceptors (Lipinski definition) is 1. The predicted molar refractivity (Wildman–Crippen MR) is 58.2 cm³/mol. The van der Waals surface area contributed by atoms with Crippen LogP contribution in [0.4, 0.5) is 0 Å². The molecule has 0 saturated carbocycles. The van der Waals surface area contributed by atoms with Gasteiger partial charge in [0, 0.05) is 11.1 Å². The summed E-state index contributed by atoms with van der Waals surface area (Å²) < 4.78 is 0. The highest BCUT2D eigenvalue weighted by molar-refractivity contribution is 5.93. The molecule has 0 bridgehead atoms. The standard InChI is InChI=1S/C12H19N/c1-11(2)6-5-10(13)9-12(3,4)8-7-11/h5-8,13H,9H2,1-4H3. The summed E-state index contributed by atoms with van der Waals surface area (Å²) in [4.78, 5) is 0. The summed E-state index contributed by atoms with van der Waals surface area (Å²) in [7, 11) is 0. The van der Waals surface area contributed by atoms with E-state index in [1.54, 1.807) is 0 Å². The lowest BCUT2D eigenvalue weighted by atomic mass is 9.80. The third-order valence-electron chi connectivity index (χ3n) is 2.32. The largest absolute Gasteiger partial charge is 0.305 e. The topological polar surface area (TPSA) is 23.9 Å². The first kappa shape index (κ1) is 10.2. The molecule has 0 aliphatic heterocycles. The number of nitrogens with one attached hydrogen (secondary N) is 1. The smallest absolute Gasteiger partial charge is 0.0319 e. The van der Waals surface area contributed by atoms with Gasteiger partial charge in [0.05, 0.1) is 0 Å². The molecule has 0 aromatic carbocycles. The van der Waals surface area contributed by atoms with E-state index in [9.17, 15) is 0 Å². The minimum Gasteiger partial charge on any atom is -0.305 e. The lowest BCUT2D eigenvalue weighted by Gasteiger charge is -2.25. The summed E-state index contributed by atoms with van der Waals surface area (Å²) in [5.41, 5.74) is 0.936. The van der Waals surface area contributed by atoms with Crippen LogP contribution in [0, 0.1) is 16.2 Å². The van der Waals surface area contributed by atoms with E-state index >= 15 is 0 Å². The molecule has 1 aliphatic rings. The van der Waals surface area contributed by atoms with E-state index in [-0.39, 0.29) is 10.8 Å². The fraction of sp³-hybridized carbons (Fsp3) is 0.583. The van der Waals surface area contributed by atoms with E-state index < -0.39 is 0 Å². The highest BCUT2D eigenvalue weighted by Gasteiger charge is 2.20. The summed E-state index contributed by atoms with van der Waals surface area (Å²) in [5, 5.41) is 7.74. The van der Waals surface area contributed by atoms with Gasteiger partial charge in [-0.1, -0.05) is 45.9 Å². The Morgan fingerprint density at radius 3 is 2.31 bits per heavy atom. The van der Waals surface area contributed by atoms with Crippen molar-refractivity contribution in [2.24, 2.45) is 10.8 Å². The maximum atomic E-state index is 7.74.